The van der Waals surface area contributed by atoms with Gasteiger partial charge in [-0.25, -0.2) is 5.43 Å². The van der Waals surface area contributed by atoms with Crippen LogP contribution in [0.4, 0.5) is 5.69 Å². The molecular formula is C16H15N3O4. The minimum atomic E-state index is -0.527. The van der Waals surface area contributed by atoms with E-state index in [-0.39, 0.29) is 18.0 Å². The molecule has 0 aliphatic heterocycles. The molecule has 0 unspecified atom stereocenters. The standard InChI is InChI=1S/C16H15N3O4/c1-12(13-6-3-2-4-7-13)17-18-16(20)11-23-15-9-5-8-14(10-15)19(21)22/h2-10H,11H2,1H3,(H,18,20)/b17-12+. The highest BCUT2D eigenvalue weighted by atomic mass is 16.6. The Hall–Kier alpha value is -3.22. The number of ether oxygens (including phenoxy) is 1. The molecule has 7 nitrogen and oxygen atoms in total. The predicted octanol–water partition coefficient (Wildman–Crippen LogP) is 2.51. The van der Waals surface area contributed by atoms with Gasteiger partial charge in [0.2, 0.25) is 0 Å². The van der Waals surface area contributed by atoms with Gasteiger partial charge in [-0.1, -0.05) is 36.4 Å². The largest absolute Gasteiger partial charge is 0.483 e. The number of benzene rings is 2. The van der Waals surface area contributed by atoms with E-state index in [0.29, 0.717) is 5.71 Å². The second kappa shape index (κ2) is 7.69. The number of nitrogens with zero attached hydrogens (tertiary/aromatic N) is 2. The molecule has 7 heteroatoms. The molecule has 1 amide bonds. The number of nitro groups is 1. The molecule has 0 fully saturated rings. The Morgan fingerprint density at radius 1 is 1.22 bits per heavy atom. The molecule has 0 bridgehead atoms. The van der Waals surface area contributed by atoms with Crippen LogP contribution in [0.15, 0.2) is 59.7 Å². The van der Waals surface area contributed by atoms with Crippen molar-refractivity contribution in [1.82, 2.24) is 5.43 Å². The highest BCUT2D eigenvalue weighted by molar-refractivity contribution is 5.99. The van der Waals surface area contributed by atoms with Crippen molar-refractivity contribution < 1.29 is 14.5 Å². The van der Waals surface area contributed by atoms with E-state index in [9.17, 15) is 14.9 Å². The van der Waals surface area contributed by atoms with Crippen LogP contribution in [0, 0.1) is 10.1 Å². The van der Waals surface area contributed by atoms with Crippen LogP contribution in [0.2, 0.25) is 0 Å². The third kappa shape index (κ3) is 4.92. The van der Waals surface area contributed by atoms with Gasteiger partial charge in [-0.05, 0) is 18.6 Å². The van der Waals surface area contributed by atoms with Crippen LogP contribution < -0.4 is 10.2 Å². The highest BCUT2D eigenvalue weighted by Gasteiger charge is 2.08. The lowest BCUT2D eigenvalue weighted by molar-refractivity contribution is -0.384. The number of amides is 1. The van der Waals surface area contributed by atoms with Crippen molar-refractivity contribution in [3.63, 3.8) is 0 Å². The minimum Gasteiger partial charge on any atom is -0.483 e. The maximum Gasteiger partial charge on any atom is 0.277 e. The molecule has 0 aromatic heterocycles. The number of carbonyl (C=O) groups excluding carboxylic acids is 1. The monoisotopic (exact) mass is 313 g/mol. The Labute approximate surface area is 132 Å². The van der Waals surface area contributed by atoms with Gasteiger partial charge in [0.15, 0.2) is 6.61 Å². The molecule has 0 atom stereocenters. The molecule has 0 saturated heterocycles. The number of rotatable bonds is 6. The summed E-state index contributed by atoms with van der Waals surface area (Å²) in [6.07, 6.45) is 0. The maximum absolute atomic E-state index is 11.7. The van der Waals surface area contributed by atoms with E-state index in [1.807, 2.05) is 30.3 Å². The average Bonchev–Trinajstić information content (AvgIpc) is 2.58. The summed E-state index contributed by atoms with van der Waals surface area (Å²) in [4.78, 5) is 21.8. The third-order valence-corrected chi connectivity index (χ3v) is 2.94. The normalized spacial score (nSPS) is 10.9. The Morgan fingerprint density at radius 2 is 1.96 bits per heavy atom. The van der Waals surface area contributed by atoms with Gasteiger partial charge in [-0.15, -0.1) is 0 Å². The molecule has 0 aliphatic rings. The molecule has 2 rings (SSSR count). The summed E-state index contributed by atoms with van der Waals surface area (Å²) in [5.41, 5.74) is 3.84. The first-order valence-electron chi connectivity index (χ1n) is 6.82. The maximum atomic E-state index is 11.7. The number of hydrazone groups is 1. The van der Waals surface area contributed by atoms with E-state index < -0.39 is 10.8 Å². The number of non-ortho nitro benzene ring substituents is 1. The summed E-state index contributed by atoms with van der Waals surface area (Å²) < 4.78 is 5.21. The second-order valence-electron chi connectivity index (χ2n) is 4.64. The average molecular weight is 313 g/mol. The molecule has 2 aromatic carbocycles. The van der Waals surface area contributed by atoms with E-state index in [0.717, 1.165) is 5.56 Å². The summed E-state index contributed by atoms with van der Waals surface area (Å²) in [7, 11) is 0. The van der Waals surface area contributed by atoms with Crippen LogP contribution in [0.25, 0.3) is 0 Å². The molecule has 1 N–H and O–H groups in total. The minimum absolute atomic E-state index is 0.0964. The van der Waals surface area contributed by atoms with Crippen molar-refractivity contribution in [3.05, 3.63) is 70.3 Å². The predicted molar refractivity (Wildman–Crippen MR) is 85.4 cm³/mol. The van der Waals surface area contributed by atoms with Crippen LogP contribution in [0.1, 0.15) is 12.5 Å². The van der Waals surface area contributed by atoms with Crippen molar-refractivity contribution in [1.29, 1.82) is 0 Å². The Bertz CT molecular complexity index is 729. The molecular weight excluding hydrogens is 298 g/mol. The van der Waals surface area contributed by atoms with E-state index in [2.05, 4.69) is 10.5 Å². The van der Waals surface area contributed by atoms with E-state index in [1.54, 1.807) is 13.0 Å². The molecule has 0 spiro atoms. The highest BCUT2D eigenvalue weighted by Crippen LogP contribution is 2.18. The zero-order valence-electron chi connectivity index (χ0n) is 12.4. The lowest BCUT2D eigenvalue weighted by atomic mass is 10.1. The lowest BCUT2D eigenvalue weighted by Crippen LogP contribution is -2.25. The van der Waals surface area contributed by atoms with Gasteiger partial charge in [0.05, 0.1) is 16.7 Å². The Balaban J connectivity index is 1.88. The summed E-state index contributed by atoms with van der Waals surface area (Å²) in [6.45, 7) is 1.49. The van der Waals surface area contributed by atoms with Gasteiger partial charge in [0, 0.05) is 6.07 Å². The van der Waals surface area contributed by atoms with Crippen molar-refractivity contribution in [2.24, 2.45) is 5.10 Å². The molecule has 0 aliphatic carbocycles. The topological polar surface area (TPSA) is 93.8 Å². The van der Waals surface area contributed by atoms with Gasteiger partial charge < -0.3 is 4.74 Å². The molecule has 23 heavy (non-hydrogen) atoms. The van der Waals surface area contributed by atoms with E-state index in [4.69, 9.17) is 4.74 Å². The van der Waals surface area contributed by atoms with Crippen LogP contribution in [0.3, 0.4) is 0 Å². The van der Waals surface area contributed by atoms with Gasteiger partial charge in [-0.3, -0.25) is 14.9 Å². The first-order chi connectivity index (χ1) is 11.1. The zero-order valence-corrected chi connectivity index (χ0v) is 12.4. The van der Waals surface area contributed by atoms with Gasteiger partial charge in [0.25, 0.3) is 11.6 Å². The number of hydrogen-bond acceptors (Lipinski definition) is 5. The summed E-state index contributed by atoms with van der Waals surface area (Å²) in [6, 6.07) is 15.0. The third-order valence-electron chi connectivity index (χ3n) is 2.94. The summed E-state index contributed by atoms with van der Waals surface area (Å²) in [5.74, 6) is -0.204. The number of hydrogen-bond donors (Lipinski definition) is 1. The van der Waals surface area contributed by atoms with Crippen LogP contribution in [-0.4, -0.2) is 23.1 Å². The fraction of sp³-hybridized carbons (Fsp3) is 0.125. The molecule has 0 saturated carbocycles. The number of nitro benzene ring substituents is 1. The molecule has 118 valence electrons. The summed E-state index contributed by atoms with van der Waals surface area (Å²) >= 11 is 0. The fourth-order valence-corrected chi connectivity index (χ4v) is 1.76. The van der Waals surface area contributed by atoms with E-state index in [1.165, 1.54) is 18.2 Å². The van der Waals surface area contributed by atoms with Crippen LogP contribution in [-0.2, 0) is 4.79 Å². The first kappa shape index (κ1) is 16.2. The first-order valence-corrected chi connectivity index (χ1v) is 6.82. The number of nitrogens with one attached hydrogen (secondary N) is 1. The van der Waals surface area contributed by atoms with E-state index >= 15 is 0 Å². The Kier molecular flexibility index (Phi) is 5.40. The zero-order chi connectivity index (χ0) is 16.7. The van der Waals surface area contributed by atoms with Crippen molar-refractivity contribution in [2.75, 3.05) is 6.61 Å². The quantitative estimate of drug-likeness (QED) is 0.503. The lowest BCUT2D eigenvalue weighted by Gasteiger charge is -2.05. The van der Waals surface area contributed by atoms with Gasteiger partial charge in [0.1, 0.15) is 5.75 Å². The molecule has 0 heterocycles. The molecule has 0 radical (unpaired) electrons. The van der Waals surface area contributed by atoms with Gasteiger partial charge >= 0.3 is 0 Å². The van der Waals surface area contributed by atoms with Crippen LogP contribution in [0.5, 0.6) is 5.75 Å². The second-order valence-corrected chi connectivity index (χ2v) is 4.64. The molecule has 2 aromatic rings. The smallest absolute Gasteiger partial charge is 0.277 e. The fourth-order valence-electron chi connectivity index (χ4n) is 1.76. The summed E-state index contributed by atoms with van der Waals surface area (Å²) in [5, 5.41) is 14.6. The van der Waals surface area contributed by atoms with Crippen molar-refractivity contribution >= 4 is 17.3 Å². The number of carbonyl (C=O) groups is 1. The van der Waals surface area contributed by atoms with Crippen LogP contribution >= 0.6 is 0 Å². The van der Waals surface area contributed by atoms with Crippen molar-refractivity contribution in [3.8, 4) is 5.75 Å². The van der Waals surface area contributed by atoms with Gasteiger partial charge in [-0.2, -0.15) is 5.10 Å². The SMILES string of the molecule is C/C(=N\NC(=O)COc1cccc([N+](=O)[O-])c1)c1ccccc1. The Morgan fingerprint density at radius 3 is 2.65 bits per heavy atom. The van der Waals surface area contributed by atoms with Crippen molar-refractivity contribution in [2.45, 2.75) is 6.92 Å².